The van der Waals surface area contributed by atoms with Crippen LogP contribution in [0.1, 0.15) is 0 Å². The quantitative estimate of drug-likeness (QED) is 0.122. The van der Waals surface area contributed by atoms with Crippen LogP contribution in [0.25, 0.3) is 215 Å². The van der Waals surface area contributed by atoms with Crippen molar-refractivity contribution in [1.82, 2.24) is 9.55 Å². The summed E-state index contributed by atoms with van der Waals surface area (Å²) in [6.45, 7) is 0. The van der Waals surface area contributed by atoms with E-state index in [1.807, 2.05) is 0 Å². The van der Waals surface area contributed by atoms with E-state index in [4.69, 9.17) is 4.42 Å². The first-order valence-electron chi connectivity index (χ1n) is 36.8. The molecule has 0 atom stereocenters. The third-order valence-electron chi connectivity index (χ3n) is 22.1. The zero-order chi connectivity index (χ0) is 70.5. The van der Waals surface area contributed by atoms with Gasteiger partial charge in [0.1, 0.15) is 11.2 Å². The highest BCUT2D eigenvalue weighted by atomic mass is 16.3. The smallest absolute Gasteiger partial charge is 0.143 e. The summed E-state index contributed by atoms with van der Waals surface area (Å²) in [6.07, 6.45) is 0. The number of hydrogen-bond donors (Lipinski definition) is 1. The van der Waals surface area contributed by atoms with Crippen molar-refractivity contribution >= 4 is 87.1 Å². The number of aromatic amines is 1. The average Bonchev–Trinajstić information content (AvgIpc) is 1.68. The summed E-state index contributed by atoms with van der Waals surface area (Å²) in [7, 11) is 0. The van der Waals surface area contributed by atoms with Gasteiger partial charge in [-0.3, -0.25) is 0 Å². The van der Waals surface area contributed by atoms with Crippen molar-refractivity contribution < 1.29 is 4.42 Å². The van der Waals surface area contributed by atoms with Crippen molar-refractivity contribution in [3.05, 3.63) is 394 Å². The molecule has 21 aromatic rings. The van der Waals surface area contributed by atoms with Crippen LogP contribution in [-0.4, -0.2) is 9.55 Å². The van der Waals surface area contributed by atoms with Gasteiger partial charge in [0, 0.05) is 60.3 Å². The normalized spacial score (nSPS) is 11.7. The average molecular weight is 1360 g/mol. The fourth-order valence-electron chi connectivity index (χ4n) is 17.0. The number of hydrogen-bond acceptors (Lipinski definition) is 1. The Bertz CT molecular complexity index is 6720. The Balaban J connectivity index is 0.807. The van der Waals surface area contributed by atoms with E-state index in [-0.39, 0.29) is 0 Å². The van der Waals surface area contributed by atoms with Crippen LogP contribution in [0.5, 0.6) is 0 Å². The number of furan rings is 1. The van der Waals surface area contributed by atoms with E-state index in [1.165, 1.54) is 65.7 Å². The molecular formula is C104H66N2O. The SMILES string of the molecule is c1ccc(-c2cc(-c3ccccc3)c3[nH]c4c(-c5ccc6c7ccc(-c8cc(-c9ccccc9)cc9c8oc8c(-c%10ccccc%10)cc(-c%10ccccc%10)cc89)cc7n(-c7ccc(-c8ccc9c(-c%10ccccc%10)c%10ccccc%10c(-c%10ccccc%10)c9c8)cc7)c6c5)cc(-c5ccccc5)cc4c3c2)cc1. The molecule has 0 spiro atoms. The minimum atomic E-state index is 0.845. The molecule has 0 fully saturated rings. The van der Waals surface area contributed by atoms with Gasteiger partial charge >= 0.3 is 0 Å². The molecule has 3 heterocycles. The first-order valence-corrected chi connectivity index (χ1v) is 36.8. The molecule has 3 heteroatoms. The Morgan fingerprint density at radius 1 is 0.178 bits per heavy atom. The molecule has 0 saturated heterocycles. The summed E-state index contributed by atoms with van der Waals surface area (Å²) in [6, 6.07) is 145. The monoisotopic (exact) mass is 1360 g/mol. The van der Waals surface area contributed by atoms with Crippen molar-refractivity contribution in [3.63, 3.8) is 0 Å². The topological polar surface area (TPSA) is 33.9 Å². The zero-order valence-electron chi connectivity index (χ0n) is 58.4. The predicted molar refractivity (Wildman–Crippen MR) is 452 cm³/mol. The lowest BCUT2D eigenvalue weighted by atomic mass is 9.85. The van der Waals surface area contributed by atoms with Gasteiger partial charge in [-0.1, -0.05) is 315 Å². The summed E-state index contributed by atoms with van der Waals surface area (Å²) in [5, 5.41) is 11.7. The summed E-state index contributed by atoms with van der Waals surface area (Å²) >= 11 is 0. The number of fused-ring (bicyclic) bond motifs is 11. The first kappa shape index (κ1) is 61.5. The second kappa shape index (κ2) is 25.4. The lowest BCUT2D eigenvalue weighted by Gasteiger charge is -2.19. The summed E-state index contributed by atoms with van der Waals surface area (Å²) in [4.78, 5) is 4.13. The van der Waals surface area contributed by atoms with E-state index in [2.05, 4.69) is 404 Å². The lowest BCUT2D eigenvalue weighted by molar-refractivity contribution is 0.671. The Morgan fingerprint density at radius 2 is 0.467 bits per heavy atom. The van der Waals surface area contributed by atoms with Crippen LogP contribution in [0.4, 0.5) is 0 Å². The van der Waals surface area contributed by atoms with Gasteiger partial charge in [0.15, 0.2) is 0 Å². The largest absolute Gasteiger partial charge is 0.455 e. The number of rotatable bonds is 12. The van der Waals surface area contributed by atoms with Crippen molar-refractivity contribution in [3.8, 4) is 128 Å². The van der Waals surface area contributed by atoms with Crippen LogP contribution >= 0.6 is 0 Å². The molecule has 0 amide bonds. The van der Waals surface area contributed by atoms with Crippen molar-refractivity contribution in [2.24, 2.45) is 0 Å². The van der Waals surface area contributed by atoms with E-state index in [9.17, 15) is 0 Å². The van der Waals surface area contributed by atoms with Crippen LogP contribution in [0.2, 0.25) is 0 Å². The van der Waals surface area contributed by atoms with Crippen molar-refractivity contribution in [2.45, 2.75) is 0 Å². The van der Waals surface area contributed by atoms with Gasteiger partial charge in [0.2, 0.25) is 0 Å². The molecule has 1 N–H and O–H groups in total. The van der Waals surface area contributed by atoms with Crippen LogP contribution < -0.4 is 0 Å². The lowest BCUT2D eigenvalue weighted by Crippen LogP contribution is -1.95. The molecule has 0 saturated carbocycles. The van der Waals surface area contributed by atoms with Gasteiger partial charge < -0.3 is 14.0 Å². The van der Waals surface area contributed by atoms with E-state index >= 15 is 0 Å². The molecule has 18 aromatic carbocycles. The molecule has 3 aromatic heterocycles. The summed E-state index contributed by atoms with van der Waals surface area (Å²) in [5.41, 5.74) is 32.3. The molecular weight excluding hydrogens is 1290 g/mol. The molecule has 0 aliphatic rings. The second-order valence-corrected chi connectivity index (χ2v) is 28.3. The van der Waals surface area contributed by atoms with Gasteiger partial charge in [0.05, 0.1) is 22.1 Å². The Hall–Kier alpha value is -14.1. The zero-order valence-corrected chi connectivity index (χ0v) is 58.4. The molecule has 0 aliphatic heterocycles. The first-order chi connectivity index (χ1) is 53.0. The Labute approximate surface area is 619 Å². The maximum absolute atomic E-state index is 7.47. The van der Waals surface area contributed by atoms with Crippen LogP contribution in [0.15, 0.2) is 399 Å². The number of benzene rings is 18. The van der Waals surface area contributed by atoms with Crippen LogP contribution in [0.3, 0.4) is 0 Å². The highest BCUT2D eigenvalue weighted by Crippen LogP contribution is 2.50. The third-order valence-corrected chi connectivity index (χ3v) is 22.1. The number of nitrogens with zero attached hydrogens (tertiary/aromatic N) is 1. The number of H-pyrrole nitrogens is 1. The maximum atomic E-state index is 7.47. The Morgan fingerprint density at radius 3 is 0.907 bits per heavy atom. The van der Waals surface area contributed by atoms with Crippen molar-refractivity contribution in [2.75, 3.05) is 0 Å². The number of aromatic nitrogens is 2. The van der Waals surface area contributed by atoms with E-state index in [0.717, 1.165) is 149 Å². The Kier molecular flexibility index (Phi) is 14.6. The molecule has 0 aliphatic carbocycles. The van der Waals surface area contributed by atoms with Gasteiger partial charge in [-0.05, 0) is 201 Å². The molecule has 498 valence electrons. The van der Waals surface area contributed by atoms with Gasteiger partial charge in [-0.15, -0.1) is 0 Å². The molecule has 107 heavy (non-hydrogen) atoms. The van der Waals surface area contributed by atoms with E-state index < -0.39 is 0 Å². The molecule has 0 radical (unpaired) electrons. The summed E-state index contributed by atoms with van der Waals surface area (Å²) in [5.74, 6) is 0. The van der Waals surface area contributed by atoms with Crippen LogP contribution in [-0.2, 0) is 0 Å². The highest BCUT2D eigenvalue weighted by molar-refractivity contribution is 6.23. The molecule has 0 bridgehead atoms. The van der Waals surface area contributed by atoms with Gasteiger partial charge in [-0.25, -0.2) is 0 Å². The minimum absolute atomic E-state index is 0.845. The van der Waals surface area contributed by atoms with Gasteiger partial charge in [0.25, 0.3) is 0 Å². The fourth-order valence-corrected chi connectivity index (χ4v) is 17.0. The maximum Gasteiger partial charge on any atom is 0.143 e. The molecule has 0 unspecified atom stereocenters. The minimum Gasteiger partial charge on any atom is -0.455 e. The van der Waals surface area contributed by atoms with Crippen molar-refractivity contribution in [1.29, 1.82) is 0 Å². The molecule has 21 rings (SSSR count). The van der Waals surface area contributed by atoms with E-state index in [1.54, 1.807) is 0 Å². The predicted octanol–water partition coefficient (Wildman–Crippen LogP) is 29.0. The third kappa shape index (κ3) is 10.5. The fraction of sp³-hybridized carbons (Fsp3) is 0. The van der Waals surface area contributed by atoms with Gasteiger partial charge in [-0.2, -0.15) is 0 Å². The number of nitrogens with one attached hydrogen (secondary N) is 1. The second-order valence-electron chi connectivity index (χ2n) is 28.3. The standard InChI is InChI=1S/C104H66N2O/c1-9-27-66(28-10-1)78-56-88(71-35-17-5-18-36-71)101-93(60-78)94-61-79(67-29-11-2-12-30-67)57-89(102(94)105-101)76-48-52-83-84-53-49-77(91-59-81(69-33-15-4-16-34-69)63-96-95-62-80(68-31-13-3-14-32-68)58-90(103(95)107-104(91)96)72-37-19-6-20-38-72)65-98(84)106(97(83)64-76)82-50-45-70(46-51-82)75-47-54-87-92(55-75)100(74-41-23-8-24-42-74)86-44-26-25-43-85(86)99(87)73-39-21-7-22-40-73/h1-65,105H. The van der Waals surface area contributed by atoms with Crippen LogP contribution in [0, 0.1) is 0 Å². The summed E-state index contributed by atoms with van der Waals surface area (Å²) < 4.78 is 9.98. The highest BCUT2D eigenvalue weighted by Gasteiger charge is 2.25. The molecule has 3 nitrogen and oxygen atoms in total. The van der Waals surface area contributed by atoms with E-state index in [0.29, 0.717) is 0 Å².